The fourth-order valence-electron chi connectivity index (χ4n) is 3.30. The summed E-state index contributed by atoms with van der Waals surface area (Å²) < 4.78 is 5.74. The van der Waals surface area contributed by atoms with E-state index in [0.29, 0.717) is 32.4 Å². The molecule has 2 aliphatic heterocycles. The van der Waals surface area contributed by atoms with Gasteiger partial charge in [-0.05, 0) is 38.5 Å². The molecular formula is C16H28N2O3. The fourth-order valence-corrected chi connectivity index (χ4v) is 3.30. The Balaban J connectivity index is 1.99. The SMILES string of the molecule is CCC1(CC)NC(=O)CCN(CCC2CCCCO2)C1=O. The first kappa shape index (κ1) is 16.3. The van der Waals surface area contributed by atoms with Crippen LogP contribution in [0.2, 0.25) is 0 Å². The minimum absolute atomic E-state index is 0.0107. The minimum Gasteiger partial charge on any atom is -0.378 e. The molecule has 0 aromatic heterocycles. The summed E-state index contributed by atoms with van der Waals surface area (Å²) in [5, 5.41) is 2.95. The Labute approximate surface area is 127 Å². The maximum Gasteiger partial charge on any atom is 0.248 e. The molecule has 0 bridgehead atoms. The van der Waals surface area contributed by atoms with Crippen molar-refractivity contribution in [2.75, 3.05) is 19.7 Å². The lowest BCUT2D eigenvalue weighted by atomic mass is 9.91. The van der Waals surface area contributed by atoms with Crippen LogP contribution in [0.3, 0.4) is 0 Å². The maximum absolute atomic E-state index is 12.8. The van der Waals surface area contributed by atoms with Gasteiger partial charge in [-0.2, -0.15) is 0 Å². The van der Waals surface area contributed by atoms with Gasteiger partial charge >= 0.3 is 0 Å². The van der Waals surface area contributed by atoms with E-state index >= 15 is 0 Å². The number of amides is 2. The first-order chi connectivity index (χ1) is 10.1. The van der Waals surface area contributed by atoms with Crippen molar-refractivity contribution in [3.8, 4) is 0 Å². The largest absolute Gasteiger partial charge is 0.378 e. The number of hydrogen-bond donors (Lipinski definition) is 1. The summed E-state index contributed by atoms with van der Waals surface area (Å²) in [5.41, 5.74) is -0.707. The highest BCUT2D eigenvalue weighted by atomic mass is 16.5. The van der Waals surface area contributed by atoms with Gasteiger partial charge in [-0.3, -0.25) is 9.59 Å². The molecule has 2 amide bonds. The van der Waals surface area contributed by atoms with E-state index < -0.39 is 5.54 Å². The Hall–Kier alpha value is -1.10. The Morgan fingerprint density at radius 1 is 1.29 bits per heavy atom. The molecule has 0 aromatic rings. The number of ether oxygens (including phenoxy) is 1. The maximum atomic E-state index is 12.8. The van der Waals surface area contributed by atoms with Crippen LogP contribution in [-0.4, -0.2) is 48.1 Å². The molecule has 2 rings (SSSR count). The first-order valence-electron chi connectivity index (χ1n) is 8.33. The van der Waals surface area contributed by atoms with E-state index in [-0.39, 0.29) is 17.9 Å². The van der Waals surface area contributed by atoms with Crippen molar-refractivity contribution in [2.45, 2.75) is 70.4 Å². The molecule has 2 heterocycles. The molecule has 120 valence electrons. The first-order valence-corrected chi connectivity index (χ1v) is 8.33. The van der Waals surface area contributed by atoms with Crippen LogP contribution < -0.4 is 5.32 Å². The Morgan fingerprint density at radius 3 is 2.67 bits per heavy atom. The zero-order chi connectivity index (χ0) is 15.3. The summed E-state index contributed by atoms with van der Waals surface area (Å²) in [6, 6.07) is 0. The predicted octanol–water partition coefficient (Wildman–Crippen LogP) is 1.85. The third kappa shape index (κ3) is 3.76. The molecule has 2 fully saturated rings. The molecule has 5 heteroatoms. The summed E-state index contributed by atoms with van der Waals surface area (Å²) >= 11 is 0. The fraction of sp³-hybridized carbons (Fsp3) is 0.875. The van der Waals surface area contributed by atoms with Gasteiger partial charge in [0, 0.05) is 26.1 Å². The Kier molecular flexibility index (Phi) is 5.62. The predicted molar refractivity (Wildman–Crippen MR) is 80.9 cm³/mol. The van der Waals surface area contributed by atoms with E-state index in [1.54, 1.807) is 0 Å². The molecule has 2 aliphatic rings. The second kappa shape index (κ2) is 7.25. The Bertz CT molecular complexity index is 374. The average molecular weight is 296 g/mol. The monoisotopic (exact) mass is 296 g/mol. The average Bonchev–Trinajstić information content (AvgIpc) is 2.64. The number of nitrogens with one attached hydrogen (secondary N) is 1. The van der Waals surface area contributed by atoms with Gasteiger partial charge in [0.25, 0.3) is 0 Å². The van der Waals surface area contributed by atoms with Crippen molar-refractivity contribution in [1.82, 2.24) is 10.2 Å². The zero-order valence-electron chi connectivity index (χ0n) is 13.3. The highest BCUT2D eigenvalue weighted by Gasteiger charge is 2.41. The van der Waals surface area contributed by atoms with Crippen LogP contribution in [-0.2, 0) is 14.3 Å². The molecule has 1 unspecified atom stereocenters. The molecule has 1 N–H and O–H groups in total. The highest BCUT2D eigenvalue weighted by molar-refractivity contribution is 5.93. The summed E-state index contributed by atoms with van der Waals surface area (Å²) in [6.45, 7) is 6.00. The molecule has 2 saturated heterocycles. The van der Waals surface area contributed by atoms with E-state index in [1.165, 1.54) is 6.42 Å². The van der Waals surface area contributed by atoms with Crippen molar-refractivity contribution in [1.29, 1.82) is 0 Å². The quantitative estimate of drug-likeness (QED) is 0.842. The standard InChI is InChI=1S/C16H28N2O3/c1-3-16(4-2)15(20)18(11-9-14(19)17-16)10-8-13-7-5-6-12-21-13/h13H,3-12H2,1-2H3,(H,17,19). The van der Waals surface area contributed by atoms with E-state index in [4.69, 9.17) is 4.74 Å². The smallest absolute Gasteiger partial charge is 0.248 e. The summed E-state index contributed by atoms with van der Waals surface area (Å²) in [4.78, 5) is 26.6. The van der Waals surface area contributed by atoms with E-state index in [9.17, 15) is 9.59 Å². The molecule has 5 nitrogen and oxygen atoms in total. The van der Waals surface area contributed by atoms with Gasteiger partial charge in [-0.25, -0.2) is 0 Å². The topological polar surface area (TPSA) is 58.6 Å². The van der Waals surface area contributed by atoms with Gasteiger partial charge < -0.3 is 15.0 Å². The van der Waals surface area contributed by atoms with Crippen LogP contribution in [0, 0.1) is 0 Å². The molecule has 0 spiro atoms. The second-order valence-corrected chi connectivity index (χ2v) is 6.16. The third-order valence-corrected chi connectivity index (χ3v) is 4.89. The number of carbonyl (C=O) groups excluding carboxylic acids is 2. The van der Waals surface area contributed by atoms with Gasteiger partial charge in [-0.15, -0.1) is 0 Å². The lowest BCUT2D eigenvalue weighted by Gasteiger charge is -2.34. The van der Waals surface area contributed by atoms with Crippen LogP contribution in [0.15, 0.2) is 0 Å². The third-order valence-electron chi connectivity index (χ3n) is 4.89. The van der Waals surface area contributed by atoms with E-state index in [1.807, 2.05) is 18.7 Å². The van der Waals surface area contributed by atoms with Gasteiger partial charge in [0.15, 0.2) is 0 Å². The summed E-state index contributed by atoms with van der Waals surface area (Å²) in [6.07, 6.45) is 6.29. The molecule has 0 aromatic carbocycles. The molecule has 0 radical (unpaired) electrons. The van der Waals surface area contributed by atoms with Crippen molar-refractivity contribution in [2.24, 2.45) is 0 Å². The minimum atomic E-state index is -0.707. The van der Waals surface area contributed by atoms with Crippen LogP contribution in [0.1, 0.15) is 58.8 Å². The van der Waals surface area contributed by atoms with Crippen molar-refractivity contribution >= 4 is 11.8 Å². The number of carbonyl (C=O) groups is 2. The van der Waals surface area contributed by atoms with Crippen molar-refractivity contribution < 1.29 is 14.3 Å². The van der Waals surface area contributed by atoms with Crippen LogP contribution in [0.4, 0.5) is 0 Å². The highest BCUT2D eigenvalue weighted by Crippen LogP contribution is 2.23. The zero-order valence-corrected chi connectivity index (χ0v) is 13.3. The van der Waals surface area contributed by atoms with Crippen molar-refractivity contribution in [3.05, 3.63) is 0 Å². The number of hydrogen-bond acceptors (Lipinski definition) is 3. The second-order valence-electron chi connectivity index (χ2n) is 6.16. The van der Waals surface area contributed by atoms with Crippen molar-refractivity contribution in [3.63, 3.8) is 0 Å². The lowest BCUT2D eigenvalue weighted by molar-refractivity contribution is -0.139. The summed E-state index contributed by atoms with van der Waals surface area (Å²) in [5.74, 6) is 0.0672. The normalized spacial score (nSPS) is 26.4. The summed E-state index contributed by atoms with van der Waals surface area (Å²) in [7, 11) is 0. The molecule has 21 heavy (non-hydrogen) atoms. The van der Waals surface area contributed by atoms with Gasteiger partial charge in [0.2, 0.25) is 11.8 Å². The van der Waals surface area contributed by atoms with Crippen LogP contribution in [0.25, 0.3) is 0 Å². The van der Waals surface area contributed by atoms with E-state index in [0.717, 1.165) is 25.9 Å². The number of nitrogens with zero attached hydrogens (tertiary/aromatic N) is 1. The van der Waals surface area contributed by atoms with Gasteiger partial charge in [0.1, 0.15) is 5.54 Å². The van der Waals surface area contributed by atoms with Gasteiger partial charge in [0.05, 0.1) is 6.10 Å². The molecule has 0 aliphatic carbocycles. The van der Waals surface area contributed by atoms with E-state index in [2.05, 4.69) is 5.32 Å². The molecular weight excluding hydrogens is 268 g/mol. The lowest BCUT2D eigenvalue weighted by Crippen LogP contribution is -2.56. The molecule has 0 saturated carbocycles. The van der Waals surface area contributed by atoms with Crippen LogP contribution in [0.5, 0.6) is 0 Å². The molecule has 1 atom stereocenters. The Morgan fingerprint density at radius 2 is 2.05 bits per heavy atom. The van der Waals surface area contributed by atoms with Gasteiger partial charge in [-0.1, -0.05) is 13.8 Å². The van der Waals surface area contributed by atoms with Crippen LogP contribution >= 0.6 is 0 Å². The number of rotatable bonds is 5.